The Balaban J connectivity index is 2.47. The summed E-state index contributed by atoms with van der Waals surface area (Å²) in [7, 11) is 0. The first kappa shape index (κ1) is 25.5. The Bertz CT molecular complexity index is 919. The summed E-state index contributed by atoms with van der Waals surface area (Å²) in [5.41, 5.74) is -0.259. The molecule has 33 heavy (non-hydrogen) atoms. The first-order valence-electron chi connectivity index (χ1n) is 9.79. The molecule has 5 atom stereocenters. The Labute approximate surface area is 188 Å². The zero-order valence-corrected chi connectivity index (χ0v) is 18.3. The minimum Gasteiger partial charge on any atom is -0.463 e. The second-order valence-electron chi connectivity index (χ2n) is 7.09. The van der Waals surface area contributed by atoms with E-state index in [-0.39, 0.29) is 11.4 Å². The maximum absolute atomic E-state index is 11.9. The average Bonchev–Trinajstić information content (AvgIpc) is 2.70. The second-order valence-corrected chi connectivity index (χ2v) is 7.09. The molecule has 1 N–H and O–H groups in total. The van der Waals surface area contributed by atoms with E-state index in [0.29, 0.717) is 0 Å². The molecule has 13 heteroatoms. The number of non-ortho nitro benzene ring substituents is 1. The number of nitro groups is 1. The van der Waals surface area contributed by atoms with E-state index in [2.05, 4.69) is 5.32 Å². The van der Waals surface area contributed by atoms with E-state index in [0.717, 1.165) is 26.8 Å². The molecule has 0 spiro atoms. The van der Waals surface area contributed by atoms with Crippen molar-refractivity contribution in [2.24, 2.45) is 0 Å². The lowest BCUT2D eigenvalue weighted by Crippen LogP contribution is -2.67. The molecule has 0 aliphatic carbocycles. The van der Waals surface area contributed by atoms with Crippen LogP contribution in [0.4, 0.5) is 5.69 Å². The van der Waals surface area contributed by atoms with Crippen LogP contribution in [0.3, 0.4) is 0 Å². The van der Waals surface area contributed by atoms with Gasteiger partial charge in [-0.15, -0.1) is 0 Å². The van der Waals surface area contributed by atoms with Crippen LogP contribution in [0, 0.1) is 10.1 Å². The standard InChI is InChI=1S/C20H24N2O11/c1-10(23)21-17-19(31-13(4)26)18(30-12(3)25)16(9-29-11(2)24)33-20(17)32-15-7-5-6-14(8-15)22(27)28/h5-8,16-20H,9H2,1-4H3,(H,21,23)/t16-,17+,18+,19-,20-/m1/s1. The van der Waals surface area contributed by atoms with Crippen LogP contribution >= 0.6 is 0 Å². The Morgan fingerprint density at radius 2 is 1.67 bits per heavy atom. The van der Waals surface area contributed by atoms with Crippen LogP contribution < -0.4 is 10.1 Å². The summed E-state index contributed by atoms with van der Waals surface area (Å²) >= 11 is 0. The van der Waals surface area contributed by atoms with Crippen LogP contribution in [-0.2, 0) is 38.1 Å². The molecule has 0 unspecified atom stereocenters. The largest absolute Gasteiger partial charge is 0.463 e. The fraction of sp³-hybridized carbons (Fsp3) is 0.500. The fourth-order valence-corrected chi connectivity index (χ4v) is 3.20. The number of rotatable bonds is 8. The summed E-state index contributed by atoms with van der Waals surface area (Å²) in [5, 5.41) is 13.6. The van der Waals surface area contributed by atoms with E-state index in [1.54, 1.807) is 0 Å². The van der Waals surface area contributed by atoms with Gasteiger partial charge in [0.05, 0.1) is 11.0 Å². The third-order valence-corrected chi connectivity index (χ3v) is 4.35. The monoisotopic (exact) mass is 468 g/mol. The predicted octanol–water partition coefficient (Wildman–Crippen LogP) is 0.630. The molecule has 1 aliphatic heterocycles. The van der Waals surface area contributed by atoms with Crippen LogP contribution in [0.1, 0.15) is 27.7 Å². The molecule has 1 amide bonds. The molecule has 0 bridgehead atoms. The van der Waals surface area contributed by atoms with Gasteiger partial charge >= 0.3 is 17.9 Å². The molecular weight excluding hydrogens is 444 g/mol. The Morgan fingerprint density at radius 3 is 2.21 bits per heavy atom. The summed E-state index contributed by atoms with van der Waals surface area (Å²) in [6, 6.07) is 3.99. The summed E-state index contributed by atoms with van der Waals surface area (Å²) in [6.07, 6.45) is -5.09. The number of carbonyl (C=O) groups is 4. The van der Waals surface area contributed by atoms with Gasteiger partial charge in [-0.05, 0) is 6.07 Å². The van der Waals surface area contributed by atoms with Crippen LogP contribution in [-0.4, -0.2) is 66.0 Å². The lowest BCUT2D eigenvalue weighted by molar-refractivity contribution is -0.385. The van der Waals surface area contributed by atoms with Gasteiger partial charge in [-0.25, -0.2) is 0 Å². The zero-order valence-electron chi connectivity index (χ0n) is 18.3. The minimum absolute atomic E-state index is 0.0169. The Hall–Kier alpha value is -3.74. The third kappa shape index (κ3) is 7.42. The molecule has 1 saturated heterocycles. The molecular formula is C20H24N2O11. The molecule has 1 aromatic rings. The van der Waals surface area contributed by atoms with Crippen molar-refractivity contribution in [1.29, 1.82) is 0 Å². The molecule has 0 radical (unpaired) electrons. The number of benzene rings is 1. The molecule has 0 saturated carbocycles. The summed E-state index contributed by atoms with van der Waals surface area (Å²) in [5.74, 6) is -2.68. The number of amides is 1. The third-order valence-electron chi connectivity index (χ3n) is 4.35. The van der Waals surface area contributed by atoms with Crippen molar-refractivity contribution in [1.82, 2.24) is 5.32 Å². The predicted molar refractivity (Wildman–Crippen MR) is 108 cm³/mol. The number of carbonyl (C=O) groups excluding carboxylic acids is 4. The first-order chi connectivity index (χ1) is 15.5. The van der Waals surface area contributed by atoms with E-state index in [1.807, 2.05) is 0 Å². The second kappa shape index (κ2) is 11.2. The lowest BCUT2D eigenvalue weighted by atomic mass is 9.96. The fourth-order valence-electron chi connectivity index (χ4n) is 3.20. The normalized spacial score (nSPS) is 24.2. The Morgan fingerprint density at radius 1 is 1.03 bits per heavy atom. The van der Waals surface area contributed by atoms with Gasteiger partial charge in [0.1, 0.15) is 24.5 Å². The summed E-state index contributed by atoms with van der Waals surface area (Å²) in [4.78, 5) is 57.2. The highest BCUT2D eigenvalue weighted by atomic mass is 16.7. The van der Waals surface area contributed by atoms with Gasteiger partial charge < -0.3 is 29.0 Å². The summed E-state index contributed by atoms with van der Waals surface area (Å²) < 4.78 is 27.2. The number of ether oxygens (including phenoxy) is 5. The topological polar surface area (TPSA) is 170 Å². The van der Waals surface area contributed by atoms with Gasteiger partial charge in [0, 0.05) is 33.8 Å². The maximum atomic E-state index is 11.9. The van der Waals surface area contributed by atoms with Gasteiger partial charge in [-0.3, -0.25) is 29.3 Å². The first-order valence-corrected chi connectivity index (χ1v) is 9.79. The van der Waals surface area contributed by atoms with E-state index in [1.165, 1.54) is 25.1 Å². The SMILES string of the molecule is CC(=O)N[C@@H]1[C@H](Oc2cccc([N+](=O)[O-])c2)O[C@H](COC(C)=O)[C@H](OC(C)=O)[C@@H]1OC(C)=O. The minimum atomic E-state index is -1.37. The van der Waals surface area contributed by atoms with Crippen molar-refractivity contribution < 1.29 is 47.8 Å². The highest BCUT2D eigenvalue weighted by Crippen LogP contribution is 2.30. The highest BCUT2D eigenvalue weighted by molar-refractivity contribution is 5.73. The van der Waals surface area contributed by atoms with Crippen LogP contribution in [0.5, 0.6) is 5.75 Å². The van der Waals surface area contributed by atoms with Crippen LogP contribution in [0.15, 0.2) is 24.3 Å². The maximum Gasteiger partial charge on any atom is 0.303 e. The highest BCUT2D eigenvalue weighted by Gasteiger charge is 2.52. The van der Waals surface area contributed by atoms with Gasteiger partial charge in [0.15, 0.2) is 12.2 Å². The molecule has 1 heterocycles. The molecule has 180 valence electrons. The van der Waals surface area contributed by atoms with Gasteiger partial charge in [0.25, 0.3) is 5.69 Å². The van der Waals surface area contributed by atoms with Gasteiger partial charge in [-0.2, -0.15) is 0 Å². The van der Waals surface area contributed by atoms with E-state index < -0.39 is 66.0 Å². The number of nitrogens with zero attached hydrogens (tertiary/aromatic N) is 1. The number of nitro benzene ring substituents is 1. The average molecular weight is 468 g/mol. The number of nitrogens with one attached hydrogen (secondary N) is 1. The number of hydrogen-bond acceptors (Lipinski definition) is 11. The van der Waals surface area contributed by atoms with Crippen molar-refractivity contribution in [2.75, 3.05) is 6.61 Å². The van der Waals surface area contributed by atoms with Gasteiger partial charge in [0.2, 0.25) is 12.2 Å². The lowest BCUT2D eigenvalue weighted by Gasteiger charge is -2.44. The number of esters is 3. The van der Waals surface area contributed by atoms with Crippen molar-refractivity contribution in [3.8, 4) is 5.75 Å². The van der Waals surface area contributed by atoms with Crippen molar-refractivity contribution in [3.05, 3.63) is 34.4 Å². The van der Waals surface area contributed by atoms with Gasteiger partial charge in [-0.1, -0.05) is 6.07 Å². The van der Waals surface area contributed by atoms with Crippen LogP contribution in [0.2, 0.25) is 0 Å². The zero-order chi connectivity index (χ0) is 24.7. The summed E-state index contributed by atoms with van der Waals surface area (Å²) in [6.45, 7) is 4.19. The van der Waals surface area contributed by atoms with E-state index >= 15 is 0 Å². The van der Waals surface area contributed by atoms with Crippen LogP contribution in [0.25, 0.3) is 0 Å². The number of hydrogen-bond donors (Lipinski definition) is 1. The molecule has 13 nitrogen and oxygen atoms in total. The molecule has 0 aromatic heterocycles. The van der Waals surface area contributed by atoms with E-state index in [4.69, 9.17) is 23.7 Å². The molecule has 1 fully saturated rings. The van der Waals surface area contributed by atoms with Crippen molar-refractivity contribution in [3.63, 3.8) is 0 Å². The van der Waals surface area contributed by atoms with Crippen molar-refractivity contribution >= 4 is 29.5 Å². The van der Waals surface area contributed by atoms with Crippen molar-refractivity contribution in [2.45, 2.75) is 58.3 Å². The quantitative estimate of drug-likeness (QED) is 0.246. The Kier molecular flexibility index (Phi) is 8.68. The molecule has 2 rings (SSSR count). The smallest absolute Gasteiger partial charge is 0.303 e. The van der Waals surface area contributed by atoms with E-state index in [9.17, 15) is 29.3 Å². The molecule has 1 aromatic carbocycles. The molecule has 1 aliphatic rings.